The molecule has 0 aliphatic rings. The number of esters is 1. The summed E-state index contributed by atoms with van der Waals surface area (Å²) in [4.78, 5) is 11.7. The minimum absolute atomic E-state index is 0.0450. The first-order chi connectivity index (χ1) is 12.1. The van der Waals surface area contributed by atoms with Crippen molar-refractivity contribution in [2.45, 2.75) is 11.8 Å². The number of nitrogens with zero attached hydrogens (tertiary/aromatic N) is 1. The molecule has 2 aromatic carbocycles. The molecule has 2 rings (SSSR count). The van der Waals surface area contributed by atoms with Crippen molar-refractivity contribution in [3.8, 4) is 0 Å². The average Bonchev–Trinajstić information content (AvgIpc) is 2.54. The highest BCUT2D eigenvalue weighted by Gasteiger charge is 2.30. The van der Waals surface area contributed by atoms with Gasteiger partial charge in [-0.25, -0.2) is 8.42 Å². The number of carbonyl (C=O) groups is 1. The fraction of sp³-hybridized carbons (Fsp3) is 0.188. The number of anilines is 1. The third-order valence-electron chi connectivity index (χ3n) is 3.17. The minimum Gasteiger partial charge on any atom is -0.465 e. The standard InChI is InChI=1S/C16H13Cl4NO4S/c1-2-25-16(22)9-21(13-6-11(18)5-12(19)7-13)26(23,24)15-8-10(17)3-4-14(15)20/h3-8H,2,9H2,1H3. The average molecular weight is 457 g/mol. The van der Waals surface area contributed by atoms with Crippen molar-refractivity contribution in [3.63, 3.8) is 0 Å². The van der Waals surface area contributed by atoms with Crippen LogP contribution in [0.15, 0.2) is 41.3 Å². The Morgan fingerprint density at radius 2 is 1.62 bits per heavy atom. The normalized spacial score (nSPS) is 11.3. The van der Waals surface area contributed by atoms with Crippen LogP contribution >= 0.6 is 46.4 Å². The van der Waals surface area contributed by atoms with E-state index >= 15 is 0 Å². The molecule has 0 aromatic heterocycles. The lowest BCUT2D eigenvalue weighted by Gasteiger charge is -2.24. The molecule has 0 unspecified atom stereocenters. The fourth-order valence-corrected chi connectivity index (χ4v) is 4.76. The lowest BCUT2D eigenvalue weighted by atomic mass is 10.3. The monoisotopic (exact) mass is 455 g/mol. The van der Waals surface area contributed by atoms with E-state index in [9.17, 15) is 13.2 Å². The van der Waals surface area contributed by atoms with Gasteiger partial charge in [0.2, 0.25) is 0 Å². The molecular weight excluding hydrogens is 444 g/mol. The van der Waals surface area contributed by atoms with E-state index in [0.29, 0.717) is 0 Å². The fourth-order valence-electron chi connectivity index (χ4n) is 2.12. The van der Waals surface area contributed by atoms with Crippen molar-refractivity contribution >= 4 is 68.1 Å². The van der Waals surface area contributed by atoms with Crippen molar-refractivity contribution in [2.75, 3.05) is 17.5 Å². The Hall–Kier alpha value is -1.18. The van der Waals surface area contributed by atoms with E-state index in [-0.39, 0.29) is 37.3 Å². The third-order valence-corrected chi connectivity index (χ3v) is 6.10. The maximum atomic E-state index is 13.2. The summed E-state index contributed by atoms with van der Waals surface area (Å²) in [5.74, 6) is -0.745. The molecule has 0 amide bonds. The van der Waals surface area contributed by atoms with Gasteiger partial charge in [0.25, 0.3) is 10.0 Å². The zero-order valence-electron chi connectivity index (χ0n) is 13.4. The van der Waals surface area contributed by atoms with E-state index < -0.39 is 22.5 Å². The van der Waals surface area contributed by atoms with Crippen LogP contribution in [0.2, 0.25) is 20.1 Å². The summed E-state index contributed by atoms with van der Waals surface area (Å²) in [6, 6.07) is 8.17. The Morgan fingerprint density at radius 3 is 2.19 bits per heavy atom. The van der Waals surface area contributed by atoms with Gasteiger partial charge < -0.3 is 4.74 Å². The maximum absolute atomic E-state index is 13.2. The SMILES string of the molecule is CCOC(=O)CN(c1cc(Cl)cc(Cl)c1)S(=O)(=O)c1cc(Cl)ccc1Cl. The molecule has 0 heterocycles. The minimum atomic E-state index is -4.26. The molecule has 0 aliphatic carbocycles. The Bertz CT molecular complexity index is 914. The number of hydrogen-bond acceptors (Lipinski definition) is 4. The van der Waals surface area contributed by atoms with Gasteiger partial charge in [0, 0.05) is 15.1 Å². The summed E-state index contributed by atoms with van der Waals surface area (Å²) in [5.41, 5.74) is 0.0894. The number of ether oxygens (including phenoxy) is 1. The zero-order valence-corrected chi connectivity index (χ0v) is 17.2. The van der Waals surface area contributed by atoms with Crippen LogP contribution in [0.3, 0.4) is 0 Å². The van der Waals surface area contributed by atoms with E-state index in [4.69, 9.17) is 51.1 Å². The lowest BCUT2D eigenvalue weighted by molar-refractivity contribution is -0.141. The highest BCUT2D eigenvalue weighted by molar-refractivity contribution is 7.93. The van der Waals surface area contributed by atoms with Gasteiger partial charge in [-0.1, -0.05) is 46.4 Å². The Balaban J connectivity index is 2.62. The van der Waals surface area contributed by atoms with Crippen LogP contribution in [0.5, 0.6) is 0 Å². The number of benzene rings is 2. The summed E-state index contributed by atoms with van der Waals surface area (Å²) in [6.45, 7) is 1.12. The summed E-state index contributed by atoms with van der Waals surface area (Å²) in [6.07, 6.45) is 0. The maximum Gasteiger partial charge on any atom is 0.326 e. The van der Waals surface area contributed by atoms with Crippen LogP contribution in [0, 0.1) is 0 Å². The highest BCUT2D eigenvalue weighted by Crippen LogP contribution is 2.33. The lowest BCUT2D eigenvalue weighted by Crippen LogP contribution is -2.36. The molecule has 0 bridgehead atoms. The summed E-state index contributed by atoms with van der Waals surface area (Å²) in [5, 5.41) is 0.534. The van der Waals surface area contributed by atoms with Gasteiger partial charge in [-0.3, -0.25) is 9.10 Å². The predicted octanol–water partition coefficient (Wildman–Crippen LogP) is 5.06. The summed E-state index contributed by atoms with van der Waals surface area (Å²) in [7, 11) is -4.26. The molecule has 0 saturated carbocycles. The molecule has 2 aromatic rings. The molecule has 0 atom stereocenters. The smallest absolute Gasteiger partial charge is 0.326 e. The quantitative estimate of drug-likeness (QED) is 0.570. The first kappa shape index (κ1) is 21.1. The zero-order chi connectivity index (χ0) is 19.5. The van der Waals surface area contributed by atoms with Crippen molar-refractivity contribution in [1.82, 2.24) is 0 Å². The molecule has 0 fully saturated rings. The molecule has 0 N–H and O–H groups in total. The van der Waals surface area contributed by atoms with Gasteiger partial charge in [-0.2, -0.15) is 0 Å². The topological polar surface area (TPSA) is 63.7 Å². The van der Waals surface area contributed by atoms with Crippen LogP contribution in [0.25, 0.3) is 0 Å². The Morgan fingerprint density at radius 1 is 1.00 bits per heavy atom. The number of halogens is 4. The van der Waals surface area contributed by atoms with Crippen LogP contribution in [-0.4, -0.2) is 27.5 Å². The summed E-state index contributed by atoms with van der Waals surface area (Å²) < 4.78 is 32.0. The van der Waals surface area contributed by atoms with Crippen molar-refractivity contribution in [3.05, 3.63) is 56.5 Å². The predicted molar refractivity (Wildman–Crippen MR) is 104 cm³/mol. The van der Waals surface area contributed by atoms with E-state index in [0.717, 1.165) is 4.31 Å². The van der Waals surface area contributed by atoms with E-state index in [1.165, 1.54) is 36.4 Å². The molecule has 140 valence electrons. The first-order valence-electron chi connectivity index (χ1n) is 7.24. The molecule has 0 spiro atoms. The highest BCUT2D eigenvalue weighted by atomic mass is 35.5. The van der Waals surface area contributed by atoms with Gasteiger partial charge in [0.05, 0.1) is 17.3 Å². The van der Waals surface area contributed by atoms with Gasteiger partial charge in [0.15, 0.2) is 0 Å². The molecule has 0 radical (unpaired) electrons. The van der Waals surface area contributed by atoms with Gasteiger partial charge in [0.1, 0.15) is 11.4 Å². The second kappa shape index (κ2) is 8.67. The third kappa shape index (κ3) is 4.96. The number of hydrogen-bond donors (Lipinski definition) is 0. The Kier molecular flexibility index (Phi) is 7.05. The van der Waals surface area contributed by atoms with Gasteiger partial charge >= 0.3 is 5.97 Å². The van der Waals surface area contributed by atoms with Crippen LogP contribution in [0.1, 0.15) is 6.92 Å². The first-order valence-corrected chi connectivity index (χ1v) is 10.2. The number of rotatable bonds is 6. The van der Waals surface area contributed by atoms with E-state index in [1.54, 1.807) is 6.92 Å². The molecule has 10 heteroatoms. The van der Waals surface area contributed by atoms with Crippen LogP contribution in [0.4, 0.5) is 5.69 Å². The van der Waals surface area contributed by atoms with Crippen LogP contribution in [-0.2, 0) is 19.6 Å². The van der Waals surface area contributed by atoms with Gasteiger partial charge in [-0.15, -0.1) is 0 Å². The van der Waals surface area contributed by atoms with Gasteiger partial charge in [-0.05, 0) is 43.3 Å². The van der Waals surface area contributed by atoms with Crippen molar-refractivity contribution in [1.29, 1.82) is 0 Å². The second-order valence-corrected chi connectivity index (χ2v) is 8.57. The van der Waals surface area contributed by atoms with Crippen molar-refractivity contribution in [2.24, 2.45) is 0 Å². The molecule has 0 aliphatic heterocycles. The molecule has 26 heavy (non-hydrogen) atoms. The largest absolute Gasteiger partial charge is 0.465 e. The van der Waals surface area contributed by atoms with E-state index in [2.05, 4.69) is 0 Å². The second-order valence-electron chi connectivity index (χ2n) is 5.02. The van der Waals surface area contributed by atoms with Crippen molar-refractivity contribution < 1.29 is 17.9 Å². The van der Waals surface area contributed by atoms with E-state index in [1.807, 2.05) is 0 Å². The molecular formula is C16H13Cl4NO4S. The van der Waals surface area contributed by atoms with Crippen LogP contribution < -0.4 is 4.31 Å². The molecule has 0 saturated heterocycles. The molecule has 5 nitrogen and oxygen atoms in total. The summed E-state index contributed by atoms with van der Waals surface area (Å²) >= 11 is 23.9. The number of carbonyl (C=O) groups excluding carboxylic acids is 1. The Labute approximate surface area is 171 Å². The number of sulfonamides is 1.